The van der Waals surface area contributed by atoms with Gasteiger partial charge in [0.2, 0.25) is 0 Å². The molecule has 0 amide bonds. The van der Waals surface area contributed by atoms with Crippen LogP contribution < -0.4 is 5.56 Å². The normalized spacial score (nSPS) is 11.8. The molecule has 4 nitrogen and oxygen atoms in total. The van der Waals surface area contributed by atoms with E-state index in [1.54, 1.807) is 17.8 Å². The minimum Gasteiger partial charge on any atom is -0.388 e. The Balaban J connectivity index is 2.14. The van der Waals surface area contributed by atoms with Gasteiger partial charge >= 0.3 is 0 Å². The fraction of sp³-hybridized carbons (Fsp3) is 0.200. The third kappa shape index (κ3) is 3.29. The summed E-state index contributed by atoms with van der Waals surface area (Å²) < 4.78 is 0. The number of hydrogen-bond acceptors (Lipinski definition) is 4. The Bertz CT molecular complexity index is 686. The van der Waals surface area contributed by atoms with E-state index in [2.05, 4.69) is 4.98 Å². The van der Waals surface area contributed by atoms with Gasteiger partial charge in [0, 0.05) is 17.0 Å². The van der Waals surface area contributed by atoms with Crippen molar-refractivity contribution in [1.82, 2.24) is 4.98 Å². The van der Waals surface area contributed by atoms with E-state index >= 15 is 0 Å². The quantitative estimate of drug-likeness (QED) is 0.845. The standard InChI is InChI=1S/C15H14N2O2S/c1-20-13-6-3-10(4-7-13)14(18)8-12-5-2-11(9-16)15(19)17-12/h2-7,14,18H,8H2,1H3,(H,17,19). The van der Waals surface area contributed by atoms with Gasteiger partial charge in [-0.25, -0.2) is 0 Å². The van der Waals surface area contributed by atoms with Crippen LogP contribution in [0.15, 0.2) is 46.1 Å². The van der Waals surface area contributed by atoms with Crippen molar-refractivity contribution >= 4 is 11.8 Å². The highest BCUT2D eigenvalue weighted by Crippen LogP contribution is 2.21. The number of aromatic amines is 1. The number of nitriles is 1. The van der Waals surface area contributed by atoms with Gasteiger partial charge in [-0.15, -0.1) is 11.8 Å². The number of H-pyrrole nitrogens is 1. The van der Waals surface area contributed by atoms with Crippen molar-refractivity contribution in [2.45, 2.75) is 17.4 Å². The lowest BCUT2D eigenvalue weighted by Gasteiger charge is -2.11. The summed E-state index contributed by atoms with van der Waals surface area (Å²) in [6, 6.07) is 12.6. The second-order valence-corrected chi connectivity index (χ2v) is 5.21. The number of hydrogen-bond donors (Lipinski definition) is 2. The molecule has 0 fully saturated rings. The SMILES string of the molecule is CSc1ccc(C(O)Cc2ccc(C#N)c(=O)[nH]2)cc1. The topological polar surface area (TPSA) is 76.9 Å². The zero-order valence-corrected chi connectivity index (χ0v) is 11.8. The van der Waals surface area contributed by atoms with E-state index in [9.17, 15) is 9.90 Å². The highest BCUT2D eigenvalue weighted by molar-refractivity contribution is 7.98. The first-order valence-electron chi connectivity index (χ1n) is 6.08. The van der Waals surface area contributed by atoms with Crippen molar-refractivity contribution < 1.29 is 5.11 Å². The smallest absolute Gasteiger partial charge is 0.266 e. The number of aliphatic hydroxyl groups is 1. The number of thioether (sulfide) groups is 1. The molecule has 102 valence electrons. The Morgan fingerprint density at radius 3 is 2.55 bits per heavy atom. The Kier molecular flexibility index (Phi) is 4.61. The molecule has 0 saturated carbocycles. The third-order valence-electron chi connectivity index (χ3n) is 3.00. The predicted octanol–water partition coefficient (Wildman–Crippen LogP) is 2.24. The zero-order chi connectivity index (χ0) is 14.5. The first-order chi connectivity index (χ1) is 9.63. The molecule has 0 bridgehead atoms. The van der Waals surface area contributed by atoms with Crippen LogP contribution in [0.5, 0.6) is 0 Å². The van der Waals surface area contributed by atoms with Crippen LogP contribution in [-0.2, 0) is 6.42 Å². The zero-order valence-electron chi connectivity index (χ0n) is 11.0. The molecular weight excluding hydrogens is 272 g/mol. The molecule has 1 aromatic heterocycles. The van der Waals surface area contributed by atoms with Gasteiger partial charge < -0.3 is 10.1 Å². The maximum absolute atomic E-state index is 11.5. The summed E-state index contributed by atoms with van der Waals surface area (Å²) in [6.45, 7) is 0. The highest BCUT2D eigenvalue weighted by atomic mass is 32.2. The molecule has 0 saturated heterocycles. The monoisotopic (exact) mass is 286 g/mol. The lowest BCUT2D eigenvalue weighted by molar-refractivity contribution is 0.177. The number of aromatic nitrogens is 1. The first-order valence-corrected chi connectivity index (χ1v) is 7.31. The van der Waals surface area contributed by atoms with E-state index in [0.29, 0.717) is 12.1 Å². The van der Waals surface area contributed by atoms with Crippen LogP contribution in [0, 0.1) is 11.3 Å². The second kappa shape index (κ2) is 6.42. The number of pyridine rings is 1. The molecule has 0 aliphatic rings. The Labute approximate surface area is 121 Å². The van der Waals surface area contributed by atoms with E-state index < -0.39 is 11.7 Å². The minimum absolute atomic E-state index is 0.0764. The van der Waals surface area contributed by atoms with Crippen LogP contribution in [0.1, 0.15) is 22.9 Å². The average molecular weight is 286 g/mol. The maximum atomic E-state index is 11.5. The molecule has 0 radical (unpaired) electrons. The molecular formula is C15H14N2O2S. The van der Waals surface area contributed by atoms with Crippen molar-refractivity contribution in [3.05, 3.63) is 63.6 Å². The van der Waals surface area contributed by atoms with Crippen LogP contribution >= 0.6 is 11.8 Å². The summed E-state index contributed by atoms with van der Waals surface area (Å²) in [5, 5.41) is 18.9. The molecule has 5 heteroatoms. The van der Waals surface area contributed by atoms with Gasteiger partial charge in [-0.1, -0.05) is 12.1 Å². The molecule has 1 atom stereocenters. The van der Waals surface area contributed by atoms with Crippen LogP contribution in [0.25, 0.3) is 0 Å². The molecule has 0 aliphatic carbocycles. The largest absolute Gasteiger partial charge is 0.388 e. The van der Waals surface area contributed by atoms with Crippen LogP contribution in [-0.4, -0.2) is 16.3 Å². The average Bonchev–Trinajstić information content (AvgIpc) is 2.47. The number of nitrogens with zero attached hydrogens (tertiary/aromatic N) is 1. The van der Waals surface area contributed by atoms with Crippen LogP contribution in [0.4, 0.5) is 0 Å². The molecule has 1 heterocycles. The van der Waals surface area contributed by atoms with E-state index in [0.717, 1.165) is 10.5 Å². The van der Waals surface area contributed by atoms with Gasteiger partial charge in [0.1, 0.15) is 11.6 Å². The summed E-state index contributed by atoms with van der Waals surface area (Å²) in [6.07, 6.45) is 1.61. The van der Waals surface area contributed by atoms with E-state index in [1.807, 2.05) is 36.6 Å². The lowest BCUT2D eigenvalue weighted by Crippen LogP contribution is -2.14. The molecule has 20 heavy (non-hydrogen) atoms. The van der Waals surface area contributed by atoms with Crippen molar-refractivity contribution in [3.8, 4) is 6.07 Å². The molecule has 1 unspecified atom stereocenters. The lowest BCUT2D eigenvalue weighted by atomic mass is 10.0. The number of nitrogens with one attached hydrogen (secondary N) is 1. The van der Waals surface area contributed by atoms with E-state index in [1.165, 1.54) is 6.07 Å². The van der Waals surface area contributed by atoms with Gasteiger partial charge in [0.25, 0.3) is 5.56 Å². The number of benzene rings is 1. The summed E-state index contributed by atoms with van der Waals surface area (Å²) >= 11 is 1.64. The Hall–Kier alpha value is -2.03. The van der Waals surface area contributed by atoms with E-state index in [4.69, 9.17) is 5.26 Å². The highest BCUT2D eigenvalue weighted by Gasteiger charge is 2.10. The second-order valence-electron chi connectivity index (χ2n) is 4.33. The molecule has 2 rings (SSSR count). The predicted molar refractivity (Wildman–Crippen MR) is 78.7 cm³/mol. The summed E-state index contributed by atoms with van der Waals surface area (Å²) in [5.74, 6) is 0. The summed E-state index contributed by atoms with van der Waals surface area (Å²) in [5.41, 5.74) is 1.06. The first kappa shape index (κ1) is 14.4. The van der Waals surface area contributed by atoms with Gasteiger partial charge in [0.15, 0.2) is 0 Å². The van der Waals surface area contributed by atoms with Crippen molar-refractivity contribution in [2.24, 2.45) is 0 Å². The molecule has 2 aromatic rings. The fourth-order valence-electron chi connectivity index (χ4n) is 1.87. The third-order valence-corrected chi connectivity index (χ3v) is 3.75. The van der Waals surface area contributed by atoms with Crippen molar-refractivity contribution in [3.63, 3.8) is 0 Å². The summed E-state index contributed by atoms with van der Waals surface area (Å²) in [4.78, 5) is 15.3. The number of rotatable bonds is 4. The van der Waals surface area contributed by atoms with Crippen molar-refractivity contribution in [1.29, 1.82) is 5.26 Å². The van der Waals surface area contributed by atoms with Gasteiger partial charge in [-0.2, -0.15) is 5.26 Å². The molecule has 1 aromatic carbocycles. The Morgan fingerprint density at radius 2 is 2.00 bits per heavy atom. The minimum atomic E-state index is -0.686. The van der Waals surface area contributed by atoms with Gasteiger partial charge in [-0.3, -0.25) is 4.79 Å². The fourth-order valence-corrected chi connectivity index (χ4v) is 2.28. The van der Waals surface area contributed by atoms with E-state index in [-0.39, 0.29) is 5.56 Å². The maximum Gasteiger partial charge on any atom is 0.266 e. The Morgan fingerprint density at radius 1 is 1.30 bits per heavy atom. The van der Waals surface area contributed by atoms with Gasteiger partial charge in [0.05, 0.1) is 6.10 Å². The number of aliphatic hydroxyl groups excluding tert-OH is 1. The van der Waals surface area contributed by atoms with Gasteiger partial charge in [-0.05, 0) is 36.1 Å². The van der Waals surface area contributed by atoms with Crippen LogP contribution in [0.2, 0.25) is 0 Å². The molecule has 0 spiro atoms. The van der Waals surface area contributed by atoms with Crippen LogP contribution in [0.3, 0.4) is 0 Å². The molecule has 2 N–H and O–H groups in total. The summed E-state index contributed by atoms with van der Waals surface area (Å²) in [7, 11) is 0. The van der Waals surface area contributed by atoms with Crippen molar-refractivity contribution in [2.75, 3.05) is 6.26 Å². The molecule has 0 aliphatic heterocycles.